The number of benzene rings is 3. The maximum absolute atomic E-state index is 13.1. The molecule has 2 nitrogen and oxygen atoms in total. The minimum absolute atomic E-state index is 0.0686. The second-order valence-electron chi connectivity index (χ2n) is 6.15. The molecule has 0 aliphatic rings. The average molecular weight is 384 g/mol. The molecule has 132 valence electrons. The highest BCUT2D eigenvalue weighted by atomic mass is 35.5. The summed E-state index contributed by atoms with van der Waals surface area (Å²) in [7, 11) is 0. The van der Waals surface area contributed by atoms with Crippen molar-refractivity contribution in [3.63, 3.8) is 0 Å². The fourth-order valence-corrected chi connectivity index (χ4v) is 3.59. The van der Waals surface area contributed by atoms with E-state index in [0.717, 1.165) is 16.7 Å². The van der Waals surface area contributed by atoms with E-state index in [1.807, 2.05) is 73.7 Å². The van der Waals surface area contributed by atoms with Crippen molar-refractivity contribution in [2.75, 3.05) is 0 Å². The maximum atomic E-state index is 13.1. The summed E-state index contributed by atoms with van der Waals surface area (Å²) in [6.07, 6.45) is 0. The minimum atomic E-state index is -0.383. The zero-order valence-corrected chi connectivity index (χ0v) is 15.8. The van der Waals surface area contributed by atoms with E-state index in [2.05, 4.69) is 5.32 Å². The monoisotopic (exact) mass is 383 g/mol. The van der Waals surface area contributed by atoms with Crippen LogP contribution in [0.4, 0.5) is 0 Å². The van der Waals surface area contributed by atoms with Gasteiger partial charge in [0.1, 0.15) is 0 Å². The Morgan fingerprint density at radius 3 is 1.88 bits per heavy atom. The van der Waals surface area contributed by atoms with E-state index >= 15 is 0 Å². The highest BCUT2D eigenvalue weighted by Crippen LogP contribution is 2.29. The predicted octanol–water partition coefficient (Wildman–Crippen LogP) is 6.00. The third-order valence-corrected chi connectivity index (χ3v) is 4.88. The van der Waals surface area contributed by atoms with Gasteiger partial charge in [0.25, 0.3) is 0 Å². The van der Waals surface area contributed by atoms with Crippen molar-refractivity contribution in [2.45, 2.75) is 18.9 Å². The van der Waals surface area contributed by atoms with Crippen molar-refractivity contribution in [2.24, 2.45) is 0 Å². The van der Waals surface area contributed by atoms with E-state index in [-0.39, 0.29) is 17.9 Å². The van der Waals surface area contributed by atoms with Gasteiger partial charge in [0, 0.05) is 10.0 Å². The van der Waals surface area contributed by atoms with Gasteiger partial charge in [0.15, 0.2) is 0 Å². The first-order valence-corrected chi connectivity index (χ1v) is 9.17. The number of nitrogens with one attached hydrogen (secondary N) is 1. The van der Waals surface area contributed by atoms with Crippen molar-refractivity contribution < 1.29 is 4.79 Å². The van der Waals surface area contributed by atoms with Crippen LogP contribution in [0.15, 0.2) is 78.9 Å². The zero-order chi connectivity index (χ0) is 18.5. The Morgan fingerprint density at radius 1 is 0.846 bits per heavy atom. The van der Waals surface area contributed by atoms with Crippen LogP contribution in [-0.2, 0) is 4.79 Å². The molecule has 0 heterocycles. The largest absolute Gasteiger partial charge is 0.349 e. The van der Waals surface area contributed by atoms with Crippen molar-refractivity contribution in [1.82, 2.24) is 5.32 Å². The molecule has 0 unspecified atom stereocenters. The maximum Gasteiger partial charge on any atom is 0.232 e. The lowest BCUT2D eigenvalue weighted by Gasteiger charge is -2.22. The van der Waals surface area contributed by atoms with Crippen molar-refractivity contribution in [3.8, 4) is 0 Å². The molecule has 0 saturated carbocycles. The molecule has 0 fully saturated rings. The van der Waals surface area contributed by atoms with E-state index in [4.69, 9.17) is 23.2 Å². The highest BCUT2D eigenvalue weighted by molar-refractivity contribution is 6.35. The van der Waals surface area contributed by atoms with Crippen molar-refractivity contribution in [3.05, 3.63) is 106 Å². The molecular weight excluding hydrogens is 365 g/mol. The topological polar surface area (TPSA) is 29.1 Å². The first-order chi connectivity index (χ1) is 12.6. The quantitative estimate of drug-likeness (QED) is 0.574. The van der Waals surface area contributed by atoms with Gasteiger partial charge in [-0.05, 0) is 35.7 Å². The van der Waals surface area contributed by atoms with Crippen LogP contribution in [0.1, 0.15) is 35.6 Å². The Bertz CT molecular complexity index is 842. The lowest BCUT2D eigenvalue weighted by Crippen LogP contribution is -2.32. The molecule has 26 heavy (non-hydrogen) atoms. The number of carbonyl (C=O) groups excluding carboxylic acids is 1. The van der Waals surface area contributed by atoms with Gasteiger partial charge in [-0.25, -0.2) is 0 Å². The Morgan fingerprint density at radius 2 is 1.38 bits per heavy atom. The summed E-state index contributed by atoms with van der Waals surface area (Å²) in [5, 5.41) is 4.20. The number of rotatable bonds is 5. The van der Waals surface area contributed by atoms with E-state index in [9.17, 15) is 4.79 Å². The number of hydrogen-bond donors (Lipinski definition) is 1. The Kier molecular flexibility index (Phi) is 5.97. The van der Waals surface area contributed by atoms with Crippen LogP contribution in [0.2, 0.25) is 10.0 Å². The molecule has 0 aliphatic carbocycles. The first kappa shape index (κ1) is 18.5. The molecule has 3 aromatic carbocycles. The van der Waals surface area contributed by atoms with Gasteiger partial charge in [-0.15, -0.1) is 0 Å². The first-order valence-electron chi connectivity index (χ1n) is 8.41. The second-order valence-corrected chi connectivity index (χ2v) is 6.99. The third kappa shape index (κ3) is 4.27. The lowest BCUT2D eigenvalue weighted by molar-refractivity contribution is -0.122. The van der Waals surface area contributed by atoms with Gasteiger partial charge in [-0.2, -0.15) is 0 Å². The van der Waals surface area contributed by atoms with Crippen LogP contribution in [0.3, 0.4) is 0 Å². The SMILES string of the molecule is C[C@H](NC(=O)C(c1ccccc1)c1ccccc1)c1ccc(Cl)cc1Cl. The van der Waals surface area contributed by atoms with E-state index in [1.54, 1.807) is 12.1 Å². The van der Waals surface area contributed by atoms with Crippen LogP contribution in [0.25, 0.3) is 0 Å². The minimum Gasteiger partial charge on any atom is -0.349 e. The molecule has 3 rings (SSSR count). The van der Waals surface area contributed by atoms with Gasteiger partial charge in [-0.3, -0.25) is 4.79 Å². The molecule has 0 aliphatic heterocycles. The molecule has 4 heteroatoms. The summed E-state index contributed by atoms with van der Waals surface area (Å²) in [5.41, 5.74) is 2.74. The van der Waals surface area contributed by atoms with Gasteiger partial charge < -0.3 is 5.32 Å². The third-order valence-electron chi connectivity index (χ3n) is 4.32. The Labute approximate surface area is 163 Å². The van der Waals surface area contributed by atoms with Crippen LogP contribution in [-0.4, -0.2) is 5.91 Å². The fraction of sp³-hybridized carbons (Fsp3) is 0.136. The second kappa shape index (κ2) is 8.39. The summed E-state index contributed by atoms with van der Waals surface area (Å²) in [6, 6.07) is 24.6. The summed E-state index contributed by atoms with van der Waals surface area (Å²) in [5.74, 6) is -0.452. The van der Waals surface area contributed by atoms with Crippen LogP contribution >= 0.6 is 23.2 Å². The van der Waals surface area contributed by atoms with Gasteiger partial charge >= 0.3 is 0 Å². The van der Waals surface area contributed by atoms with E-state index in [0.29, 0.717) is 10.0 Å². The normalized spacial score (nSPS) is 12.0. The Hall–Kier alpha value is -2.29. The zero-order valence-electron chi connectivity index (χ0n) is 14.3. The molecule has 0 spiro atoms. The summed E-state index contributed by atoms with van der Waals surface area (Å²) < 4.78 is 0. The van der Waals surface area contributed by atoms with E-state index < -0.39 is 0 Å². The summed E-state index contributed by atoms with van der Waals surface area (Å²) >= 11 is 12.3. The fourth-order valence-electron chi connectivity index (χ4n) is 3.01. The van der Waals surface area contributed by atoms with Crippen LogP contribution < -0.4 is 5.32 Å². The van der Waals surface area contributed by atoms with Crippen LogP contribution in [0.5, 0.6) is 0 Å². The standard InChI is InChI=1S/C22H19Cl2NO/c1-15(19-13-12-18(23)14-20(19)24)25-22(26)21(16-8-4-2-5-9-16)17-10-6-3-7-11-17/h2-15,21H,1H3,(H,25,26)/t15-/m0/s1. The van der Waals surface area contributed by atoms with Crippen molar-refractivity contribution in [1.29, 1.82) is 0 Å². The predicted molar refractivity (Wildman–Crippen MR) is 108 cm³/mol. The van der Waals surface area contributed by atoms with Gasteiger partial charge in [-0.1, -0.05) is 89.9 Å². The summed E-state index contributed by atoms with van der Waals surface area (Å²) in [4.78, 5) is 13.1. The summed E-state index contributed by atoms with van der Waals surface area (Å²) in [6.45, 7) is 1.92. The molecule has 3 aromatic rings. The highest BCUT2D eigenvalue weighted by Gasteiger charge is 2.24. The molecule has 0 aromatic heterocycles. The lowest BCUT2D eigenvalue weighted by atomic mass is 9.90. The molecule has 0 bridgehead atoms. The Balaban J connectivity index is 1.88. The number of halogens is 2. The number of hydrogen-bond acceptors (Lipinski definition) is 1. The number of amides is 1. The van der Waals surface area contributed by atoms with Gasteiger partial charge in [0.05, 0.1) is 12.0 Å². The molecular formula is C22H19Cl2NO. The molecule has 0 saturated heterocycles. The van der Waals surface area contributed by atoms with Crippen LogP contribution in [0, 0.1) is 0 Å². The van der Waals surface area contributed by atoms with E-state index in [1.165, 1.54) is 0 Å². The molecule has 0 radical (unpaired) electrons. The number of carbonyl (C=O) groups is 1. The molecule has 1 atom stereocenters. The smallest absolute Gasteiger partial charge is 0.232 e. The molecule has 1 amide bonds. The average Bonchev–Trinajstić information content (AvgIpc) is 2.63. The molecule has 1 N–H and O–H groups in total. The van der Waals surface area contributed by atoms with Gasteiger partial charge in [0.2, 0.25) is 5.91 Å². The van der Waals surface area contributed by atoms with Crippen molar-refractivity contribution >= 4 is 29.1 Å².